The molecule has 0 aliphatic rings. The third kappa shape index (κ3) is 5.71. The Hall–Kier alpha value is -0.903. The van der Waals surface area contributed by atoms with Crippen molar-refractivity contribution in [2.45, 2.75) is 70.4 Å². The Bertz CT molecular complexity index is 448. The van der Waals surface area contributed by atoms with Crippen molar-refractivity contribution in [1.29, 1.82) is 0 Å². The maximum atomic E-state index is 10.3. The molecule has 2 nitrogen and oxygen atoms in total. The Balaban J connectivity index is 2.90. The molecule has 1 N–H and O–H groups in total. The number of rotatable bonds is 8. The van der Waals surface area contributed by atoms with Crippen LogP contribution in [-0.2, 0) is 4.43 Å². The van der Waals surface area contributed by atoms with Gasteiger partial charge in [-0.05, 0) is 36.5 Å². The van der Waals surface area contributed by atoms with Crippen LogP contribution in [-0.4, -0.2) is 19.5 Å². The molecule has 0 aliphatic heterocycles. The van der Waals surface area contributed by atoms with Crippen LogP contribution in [0.2, 0.25) is 18.1 Å². The van der Waals surface area contributed by atoms with Crippen LogP contribution in [0.15, 0.2) is 43.0 Å². The van der Waals surface area contributed by atoms with Crippen molar-refractivity contribution in [3.63, 3.8) is 0 Å². The number of hydrogen-bond acceptors (Lipinski definition) is 2. The second kappa shape index (κ2) is 8.09. The summed E-state index contributed by atoms with van der Waals surface area (Å²) >= 11 is 0. The Labute approximate surface area is 137 Å². The second-order valence-electron chi connectivity index (χ2n) is 7.53. The van der Waals surface area contributed by atoms with Crippen LogP contribution in [0.25, 0.3) is 0 Å². The summed E-state index contributed by atoms with van der Waals surface area (Å²) in [6.45, 7) is 15.0. The van der Waals surface area contributed by atoms with Crippen LogP contribution in [0, 0.1) is 0 Å². The lowest BCUT2D eigenvalue weighted by Gasteiger charge is -2.40. The quantitative estimate of drug-likeness (QED) is 0.508. The van der Waals surface area contributed by atoms with Crippen molar-refractivity contribution < 1.29 is 9.53 Å². The van der Waals surface area contributed by atoms with E-state index in [0.29, 0.717) is 6.42 Å². The van der Waals surface area contributed by atoms with E-state index in [4.69, 9.17) is 4.43 Å². The average molecular weight is 321 g/mol. The van der Waals surface area contributed by atoms with Gasteiger partial charge in [-0.2, -0.15) is 0 Å². The van der Waals surface area contributed by atoms with Crippen molar-refractivity contribution in [2.24, 2.45) is 0 Å². The predicted octanol–water partition coefficient (Wildman–Crippen LogP) is 5.47. The zero-order chi connectivity index (χ0) is 16.8. The minimum absolute atomic E-state index is 0.0399. The summed E-state index contributed by atoms with van der Waals surface area (Å²) < 4.78 is 6.59. The van der Waals surface area contributed by atoms with Gasteiger partial charge in [-0.15, -0.1) is 6.58 Å². The third-order valence-electron chi connectivity index (χ3n) is 4.60. The van der Waals surface area contributed by atoms with Crippen molar-refractivity contribution in [3.05, 3.63) is 48.6 Å². The van der Waals surface area contributed by atoms with Gasteiger partial charge in [-0.1, -0.05) is 57.2 Å². The topological polar surface area (TPSA) is 29.5 Å². The van der Waals surface area contributed by atoms with E-state index < -0.39 is 8.32 Å². The minimum Gasteiger partial charge on any atom is -0.410 e. The molecule has 124 valence electrons. The van der Waals surface area contributed by atoms with Crippen molar-refractivity contribution in [2.75, 3.05) is 0 Å². The van der Waals surface area contributed by atoms with Gasteiger partial charge in [0.2, 0.25) is 0 Å². The number of aliphatic hydroxyl groups excluding tert-OH is 1. The molecule has 0 saturated heterocycles. The molecule has 0 saturated carbocycles. The molecule has 0 aliphatic carbocycles. The summed E-state index contributed by atoms with van der Waals surface area (Å²) in [4.78, 5) is 0. The normalized spacial score (nSPS) is 15.4. The van der Waals surface area contributed by atoms with Crippen LogP contribution >= 0.6 is 0 Å². The maximum absolute atomic E-state index is 10.3. The molecule has 0 fully saturated rings. The molecule has 0 aromatic heterocycles. The molecule has 0 radical (unpaired) electrons. The zero-order valence-corrected chi connectivity index (χ0v) is 15.8. The first-order valence-electron chi connectivity index (χ1n) is 8.19. The Kier molecular flexibility index (Phi) is 7.04. The van der Waals surface area contributed by atoms with Crippen molar-refractivity contribution >= 4 is 8.32 Å². The first kappa shape index (κ1) is 19.1. The summed E-state index contributed by atoms with van der Waals surface area (Å²) in [7, 11) is -1.88. The first-order valence-corrected chi connectivity index (χ1v) is 11.1. The lowest BCUT2D eigenvalue weighted by molar-refractivity contribution is 0.0816. The molecule has 0 spiro atoms. The highest BCUT2D eigenvalue weighted by atomic mass is 28.4. The first-order chi connectivity index (χ1) is 10.2. The predicted molar refractivity (Wildman–Crippen MR) is 97.5 cm³/mol. The van der Waals surface area contributed by atoms with Crippen LogP contribution < -0.4 is 0 Å². The van der Waals surface area contributed by atoms with Gasteiger partial charge in [0.25, 0.3) is 0 Å². The van der Waals surface area contributed by atoms with E-state index in [1.807, 2.05) is 24.3 Å². The van der Waals surface area contributed by atoms with Gasteiger partial charge in [0.15, 0.2) is 8.32 Å². The Morgan fingerprint density at radius 1 is 1.23 bits per heavy atom. The third-order valence-corrected chi connectivity index (χ3v) is 9.09. The van der Waals surface area contributed by atoms with Gasteiger partial charge in [-0.3, -0.25) is 0 Å². The van der Waals surface area contributed by atoms with E-state index in [9.17, 15) is 5.11 Å². The fourth-order valence-corrected chi connectivity index (χ4v) is 3.42. The molecule has 1 aromatic carbocycles. The number of hydrogen-bond donors (Lipinski definition) is 1. The average Bonchev–Trinajstić information content (AvgIpc) is 2.44. The molecule has 22 heavy (non-hydrogen) atoms. The summed E-state index contributed by atoms with van der Waals surface area (Å²) in [5.41, 5.74) is 1.16. The molecule has 0 unspecified atom stereocenters. The molecule has 3 heteroatoms. The van der Waals surface area contributed by atoms with E-state index in [-0.39, 0.29) is 17.2 Å². The standard InChI is InChI=1S/C19H32O2Si/c1-7-8-14-17(20)15-18(16-12-10-9-11-13-16)21-22(5,6)19(2,3)4/h7,9-13,17-18,20H,1,8,14-15H2,2-6H3/t17-,18-/m1/s1. The molecular formula is C19H32O2Si. The highest BCUT2D eigenvalue weighted by molar-refractivity contribution is 6.74. The number of benzene rings is 1. The van der Waals surface area contributed by atoms with E-state index >= 15 is 0 Å². The molecule has 0 heterocycles. The zero-order valence-electron chi connectivity index (χ0n) is 14.8. The highest BCUT2D eigenvalue weighted by Gasteiger charge is 2.39. The molecule has 1 aromatic rings. The molecular weight excluding hydrogens is 288 g/mol. The van der Waals surface area contributed by atoms with E-state index in [1.54, 1.807) is 0 Å². The smallest absolute Gasteiger partial charge is 0.192 e. The maximum Gasteiger partial charge on any atom is 0.192 e. The molecule has 0 amide bonds. The molecule has 1 rings (SSSR count). The van der Waals surface area contributed by atoms with Crippen LogP contribution in [0.4, 0.5) is 0 Å². The van der Waals surface area contributed by atoms with Gasteiger partial charge in [-0.25, -0.2) is 0 Å². The highest BCUT2D eigenvalue weighted by Crippen LogP contribution is 2.40. The Morgan fingerprint density at radius 2 is 1.82 bits per heavy atom. The monoisotopic (exact) mass is 320 g/mol. The van der Waals surface area contributed by atoms with Crippen LogP contribution in [0.1, 0.15) is 51.7 Å². The van der Waals surface area contributed by atoms with E-state index in [0.717, 1.165) is 18.4 Å². The summed E-state index contributed by atoms with van der Waals surface area (Å²) in [6.07, 6.45) is 3.69. The summed E-state index contributed by atoms with van der Waals surface area (Å²) in [5.74, 6) is 0. The molecule has 2 atom stereocenters. The van der Waals surface area contributed by atoms with E-state index in [2.05, 4.69) is 52.6 Å². The number of allylic oxidation sites excluding steroid dienone is 1. The SMILES string of the molecule is C=CCC[C@@H](O)C[C@@H](O[Si](C)(C)C(C)(C)C)c1ccccc1. The van der Waals surface area contributed by atoms with Gasteiger partial charge >= 0.3 is 0 Å². The lowest BCUT2D eigenvalue weighted by Crippen LogP contribution is -2.42. The molecule has 0 bridgehead atoms. The van der Waals surface area contributed by atoms with Gasteiger partial charge < -0.3 is 9.53 Å². The van der Waals surface area contributed by atoms with E-state index in [1.165, 1.54) is 0 Å². The van der Waals surface area contributed by atoms with Crippen molar-refractivity contribution in [1.82, 2.24) is 0 Å². The minimum atomic E-state index is -1.88. The largest absolute Gasteiger partial charge is 0.410 e. The second-order valence-corrected chi connectivity index (χ2v) is 12.3. The fourth-order valence-electron chi connectivity index (χ4n) is 2.13. The van der Waals surface area contributed by atoms with Gasteiger partial charge in [0.05, 0.1) is 12.2 Å². The van der Waals surface area contributed by atoms with Gasteiger partial charge in [0.1, 0.15) is 0 Å². The lowest BCUT2D eigenvalue weighted by atomic mass is 10.0. The Morgan fingerprint density at radius 3 is 2.32 bits per heavy atom. The van der Waals surface area contributed by atoms with Crippen LogP contribution in [0.5, 0.6) is 0 Å². The van der Waals surface area contributed by atoms with Gasteiger partial charge in [0, 0.05) is 6.42 Å². The summed E-state index contributed by atoms with van der Waals surface area (Å²) in [5, 5.41) is 10.5. The number of aliphatic hydroxyl groups is 1. The fraction of sp³-hybridized carbons (Fsp3) is 0.579. The van der Waals surface area contributed by atoms with Crippen LogP contribution in [0.3, 0.4) is 0 Å². The summed E-state index contributed by atoms with van der Waals surface area (Å²) in [6, 6.07) is 10.3. The van der Waals surface area contributed by atoms with Crippen molar-refractivity contribution in [3.8, 4) is 0 Å².